The smallest absolute Gasteiger partial charge is 0.236 e. The minimum atomic E-state index is -0.311. The Bertz CT molecular complexity index is 441. The quantitative estimate of drug-likeness (QED) is 0.706. The summed E-state index contributed by atoms with van der Waals surface area (Å²) in [6.45, 7) is 8.92. The van der Waals surface area contributed by atoms with Crippen molar-refractivity contribution in [2.45, 2.75) is 40.2 Å². The van der Waals surface area contributed by atoms with Crippen molar-refractivity contribution in [3.63, 3.8) is 0 Å². The average molecular weight is 281 g/mol. The van der Waals surface area contributed by atoms with Crippen LogP contribution in [0.5, 0.6) is 0 Å². The van der Waals surface area contributed by atoms with E-state index in [1.165, 1.54) is 0 Å². The number of aryl methyl sites for hydroxylation is 2. The lowest BCUT2D eigenvalue weighted by atomic mass is 10.2. The number of hydrogen-bond donors (Lipinski definition) is 2. The number of amides is 1. The molecule has 1 heterocycles. The fourth-order valence-corrected chi connectivity index (χ4v) is 2.34. The molecule has 0 saturated heterocycles. The van der Waals surface area contributed by atoms with Crippen molar-refractivity contribution in [2.24, 2.45) is 12.8 Å². The summed E-state index contributed by atoms with van der Waals surface area (Å²) in [4.78, 5) is 13.4. The molecule has 0 aromatic carbocycles. The van der Waals surface area contributed by atoms with E-state index < -0.39 is 0 Å². The number of carbonyl (C=O) groups is 1. The molecule has 0 aliphatic heterocycles. The second-order valence-electron chi connectivity index (χ2n) is 5.03. The Morgan fingerprint density at radius 2 is 2.15 bits per heavy atom. The Hall–Kier alpha value is -1.56. The molecule has 1 aromatic heterocycles. The summed E-state index contributed by atoms with van der Waals surface area (Å²) in [5.41, 5.74) is 7.52. The topological polar surface area (TPSA) is 76.2 Å². The number of nitrogens with zero attached hydrogens (tertiary/aromatic N) is 3. The van der Waals surface area contributed by atoms with E-state index in [9.17, 15) is 4.79 Å². The van der Waals surface area contributed by atoms with Gasteiger partial charge in [-0.3, -0.25) is 9.48 Å². The molecule has 6 nitrogen and oxygen atoms in total. The fourth-order valence-electron chi connectivity index (χ4n) is 2.34. The molecule has 0 aliphatic rings. The van der Waals surface area contributed by atoms with Crippen molar-refractivity contribution >= 4 is 11.7 Å². The summed E-state index contributed by atoms with van der Waals surface area (Å²) in [5.74, 6) is 0.685. The van der Waals surface area contributed by atoms with E-state index in [0.29, 0.717) is 0 Å². The van der Waals surface area contributed by atoms with Crippen molar-refractivity contribution in [3.05, 3.63) is 11.3 Å². The van der Waals surface area contributed by atoms with Gasteiger partial charge in [-0.15, -0.1) is 0 Å². The van der Waals surface area contributed by atoms with Crippen molar-refractivity contribution < 1.29 is 4.79 Å². The molecule has 20 heavy (non-hydrogen) atoms. The van der Waals surface area contributed by atoms with Crippen LogP contribution in [0.4, 0.5) is 5.82 Å². The highest BCUT2D eigenvalue weighted by Gasteiger charge is 2.20. The van der Waals surface area contributed by atoms with Gasteiger partial charge in [-0.1, -0.05) is 20.3 Å². The van der Waals surface area contributed by atoms with Crippen LogP contribution in [0.1, 0.15) is 37.9 Å². The van der Waals surface area contributed by atoms with Crippen molar-refractivity contribution in [2.75, 3.05) is 24.5 Å². The van der Waals surface area contributed by atoms with E-state index in [-0.39, 0.29) is 12.5 Å². The summed E-state index contributed by atoms with van der Waals surface area (Å²) in [6.07, 6.45) is 2.10. The minimum absolute atomic E-state index is 0.234. The highest BCUT2D eigenvalue weighted by Crippen LogP contribution is 2.23. The van der Waals surface area contributed by atoms with Crippen molar-refractivity contribution in [1.29, 1.82) is 0 Å². The van der Waals surface area contributed by atoms with Crippen LogP contribution in [0.3, 0.4) is 0 Å². The Morgan fingerprint density at radius 1 is 1.45 bits per heavy atom. The summed E-state index contributed by atoms with van der Waals surface area (Å²) in [6, 6.07) is 0. The maximum atomic E-state index is 11.3. The standard InChI is InChI=1S/C14H27N5O/c1-5-7-8-19(10-13(15)20)14-12(9-16-6-2)11(3)17-18(14)4/h16H,5-10H2,1-4H3,(H2,15,20). The molecule has 0 saturated carbocycles. The second kappa shape index (κ2) is 7.89. The van der Waals surface area contributed by atoms with E-state index in [1.54, 1.807) is 0 Å². The van der Waals surface area contributed by atoms with Gasteiger partial charge >= 0.3 is 0 Å². The van der Waals surface area contributed by atoms with Gasteiger partial charge < -0.3 is 16.0 Å². The van der Waals surface area contributed by atoms with Crippen LogP contribution in [0.25, 0.3) is 0 Å². The number of nitrogens with two attached hydrogens (primary N) is 1. The number of anilines is 1. The first-order valence-corrected chi connectivity index (χ1v) is 7.27. The maximum absolute atomic E-state index is 11.3. The summed E-state index contributed by atoms with van der Waals surface area (Å²) in [5, 5.41) is 7.81. The molecule has 0 spiro atoms. The first kappa shape index (κ1) is 16.5. The van der Waals surface area contributed by atoms with Crippen LogP contribution in [-0.2, 0) is 18.4 Å². The second-order valence-corrected chi connectivity index (χ2v) is 5.03. The van der Waals surface area contributed by atoms with Crippen LogP contribution in [-0.4, -0.2) is 35.3 Å². The predicted octanol–water partition coefficient (Wildman–Crippen LogP) is 0.930. The lowest BCUT2D eigenvalue weighted by Crippen LogP contribution is -2.36. The van der Waals surface area contributed by atoms with Crippen LogP contribution in [0.15, 0.2) is 0 Å². The molecule has 0 atom stereocenters. The molecule has 1 amide bonds. The molecule has 0 bridgehead atoms. The van der Waals surface area contributed by atoms with Gasteiger partial charge in [-0.2, -0.15) is 5.10 Å². The van der Waals surface area contributed by atoms with E-state index in [4.69, 9.17) is 5.73 Å². The number of carbonyl (C=O) groups excluding carboxylic acids is 1. The molecule has 1 rings (SSSR count). The van der Waals surface area contributed by atoms with Gasteiger partial charge in [0, 0.05) is 25.7 Å². The molecule has 6 heteroatoms. The number of hydrogen-bond acceptors (Lipinski definition) is 4. The van der Waals surface area contributed by atoms with E-state index in [0.717, 1.165) is 49.6 Å². The minimum Gasteiger partial charge on any atom is -0.368 e. The SMILES string of the molecule is CCCCN(CC(N)=O)c1c(CNCC)c(C)nn1C. The van der Waals surface area contributed by atoms with Crippen molar-refractivity contribution in [3.8, 4) is 0 Å². The highest BCUT2D eigenvalue weighted by molar-refractivity contribution is 5.79. The van der Waals surface area contributed by atoms with Crippen LogP contribution < -0.4 is 16.0 Å². The zero-order valence-corrected chi connectivity index (χ0v) is 13.1. The normalized spacial score (nSPS) is 10.8. The molecular weight excluding hydrogens is 254 g/mol. The summed E-state index contributed by atoms with van der Waals surface area (Å²) < 4.78 is 1.85. The van der Waals surface area contributed by atoms with E-state index in [2.05, 4.69) is 24.3 Å². The highest BCUT2D eigenvalue weighted by atomic mass is 16.1. The van der Waals surface area contributed by atoms with E-state index in [1.807, 2.05) is 23.6 Å². The first-order valence-electron chi connectivity index (χ1n) is 7.27. The van der Waals surface area contributed by atoms with Gasteiger partial charge in [0.15, 0.2) is 0 Å². The number of nitrogens with one attached hydrogen (secondary N) is 1. The lowest BCUT2D eigenvalue weighted by molar-refractivity contribution is -0.116. The molecule has 3 N–H and O–H groups in total. The Morgan fingerprint density at radius 3 is 2.70 bits per heavy atom. The van der Waals surface area contributed by atoms with Gasteiger partial charge in [-0.25, -0.2) is 0 Å². The molecule has 0 fully saturated rings. The third-order valence-corrected chi connectivity index (χ3v) is 3.29. The number of unbranched alkanes of at least 4 members (excludes halogenated alkanes) is 1. The molecule has 0 aliphatic carbocycles. The van der Waals surface area contributed by atoms with E-state index >= 15 is 0 Å². The van der Waals surface area contributed by atoms with Crippen molar-refractivity contribution in [1.82, 2.24) is 15.1 Å². The predicted molar refractivity (Wildman–Crippen MR) is 81.6 cm³/mol. The largest absolute Gasteiger partial charge is 0.368 e. The molecular formula is C14H27N5O. The van der Waals surface area contributed by atoms with Crippen LogP contribution in [0.2, 0.25) is 0 Å². The maximum Gasteiger partial charge on any atom is 0.236 e. The summed E-state index contributed by atoms with van der Waals surface area (Å²) in [7, 11) is 1.91. The van der Waals surface area contributed by atoms with Gasteiger partial charge in [0.25, 0.3) is 0 Å². The third kappa shape index (κ3) is 4.23. The van der Waals surface area contributed by atoms with Crippen LogP contribution in [0, 0.1) is 6.92 Å². The number of aromatic nitrogens is 2. The fraction of sp³-hybridized carbons (Fsp3) is 0.714. The Kier molecular flexibility index (Phi) is 6.51. The molecule has 0 unspecified atom stereocenters. The molecule has 0 radical (unpaired) electrons. The Labute approximate surface area is 121 Å². The van der Waals surface area contributed by atoms with Gasteiger partial charge in [0.2, 0.25) is 5.91 Å². The average Bonchev–Trinajstić information content (AvgIpc) is 2.66. The Balaban J connectivity index is 3.06. The lowest BCUT2D eigenvalue weighted by Gasteiger charge is -2.24. The third-order valence-electron chi connectivity index (χ3n) is 3.29. The van der Waals surface area contributed by atoms with Gasteiger partial charge in [0.1, 0.15) is 5.82 Å². The molecule has 1 aromatic rings. The zero-order valence-electron chi connectivity index (χ0n) is 13.1. The van der Waals surface area contributed by atoms with Crippen LogP contribution >= 0.6 is 0 Å². The van der Waals surface area contributed by atoms with Gasteiger partial charge in [-0.05, 0) is 19.9 Å². The number of primary amides is 1. The van der Waals surface area contributed by atoms with Gasteiger partial charge in [0.05, 0.1) is 12.2 Å². The summed E-state index contributed by atoms with van der Waals surface area (Å²) >= 11 is 0. The monoisotopic (exact) mass is 281 g/mol. The molecule has 114 valence electrons. The zero-order chi connectivity index (χ0) is 15.1. The first-order chi connectivity index (χ1) is 9.51. The number of rotatable bonds is 9.